The third kappa shape index (κ3) is 2.60. The summed E-state index contributed by atoms with van der Waals surface area (Å²) in [5.41, 5.74) is 9.82. The lowest BCUT2D eigenvalue weighted by Gasteiger charge is -2.20. The lowest BCUT2D eigenvalue weighted by Crippen LogP contribution is -2.21. The Kier molecular flexibility index (Phi) is 3.86. The lowest BCUT2D eigenvalue weighted by molar-refractivity contribution is 0.364. The summed E-state index contributed by atoms with van der Waals surface area (Å²) in [6.07, 6.45) is 1.04. The van der Waals surface area contributed by atoms with Crippen molar-refractivity contribution in [2.45, 2.75) is 26.4 Å². The number of benzene rings is 1. The van der Waals surface area contributed by atoms with Crippen molar-refractivity contribution in [3.05, 3.63) is 35.7 Å². The molecule has 6 nitrogen and oxygen atoms in total. The lowest BCUT2D eigenvalue weighted by atomic mass is 9.97. The minimum Gasteiger partial charge on any atom is -0.508 e. The number of hydrogen-bond donors (Lipinski definition) is 2. The smallest absolute Gasteiger partial charge is 0.134 e. The number of alkyl halides is 1. The average molecular weight is 353 g/mol. The van der Waals surface area contributed by atoms with E-state index in [4.69, 9.17) is 10.7 Å². The van der Waals surface area contributed by atoms with E-state index in [9.17, 15) is 9.50 Å². The van der Waals surface area contributed by atoms with Gasteiger partial charge < -0.3 is 15.7 Å². The summed E-state index contributed by atoms with van der Waals surface area (Å²) >= 11 is 0. The van der Waals surface area contributed by atoms with Crippen LogP contribution in [-0.4, -0.2) is 39.3 Å². The van der Waals surface area contributed by atoms with Crippen molar-refractivity contribution in [1.29, 1.82) is 0 Å². The van der Waals surface area contributed by atoms with Gasteiger partial charge in [-0.25, -0.2) is 19.3 Å². The van der Waals surface area contributed by atoms with Gasteiger partial charge in [-0.15, -0.1) is 0 Å². The number of aromatic nitrogens is 3. The molecule has 3 N–H and O–H groups in total. The van der Waals surface area contributed by atoms with E-state index in [1.165, 1.54) is 6.33 Å². The van der Waals surface area contributed by atoms with Crippen LogP contribution in [0.25, 0.3) is 22.2 Å². The number of fused-ring (bicyclic) bond motifs is 1. The number of halogens is 1. The van der Waals surface area contributed by atoms with Gasteiger partial charge in [-0.1, -0.05) is 6.07 Å². The topological polar surface area (TPSA) is 88.2 Å². The van der Waals surface area contributed by atoms with Crippen LogP contribution in [0.15, 0.2) is 24.5 Å². The zero-order valence-corrected chi connectivity index (χ0v) is 14.7. The molecule has 0 saturated carbocycles. The summed E-state index contributed by atoms with van der Waals surface area (Å²) in [7, 11) is 0. The van der Waals surface area contributed by atoms with Crippen LogP contribution in [-0.2, 0) is 0 Å². The largest absolute Gasteiger partial charge is 0.508 e. The maximum absolute atomic E-state index is 13.7. The Hall–Kier alpha value is -2.96. The molecule has 4 rings (SSSR count). The molecule has 0 unspecified atom stereocenters. The third-order valence-corrected chi connectivity index (χ3v) is 4.98. The second-order valence-electron chi connectivity index (χ2n) is 6.72. The normalized spacial score (nSPS) is 17.2. The van der Waals surface area contributed by atoms with Crippen LogP contribution in [0, 0.1) is 13.8 Å². The molecule has 0 radical (unpaired) electrons. The van der Waals surface area contributed by atoms with Crippen LogP contribution in [0.2, 0.25) is 0 Å². The molecular formula is C19H20FN5O. The fraction of sp³-hybridized carbons (Fsp3) is 0.316. The molecule has 0 bridgehead atoms. The second-order valence-corrected chi connectivity index (χ2v) is 6.72. The van der Waals surface area contributed by atoms with Gasteiger partial charge >= 0.3 is 0 Å². The van der Waals surface area contributed by atoms with Gasteiger partial charge in [0.25, 0.3) is 0 Å². The van der Waals surface area contributed by atoms with E-state index < -0.39 is 6.17 Å². The number of nitrogens with two attached hydrogens (primary N) is 1. The highest BCUT2D eigenvalue weighted by Gasteiger charge is 2.25. The van der Waals surface area contributed by atoms with E-state index in [-0.39, 0.29) is 5.75 Å². The third-order valence-electron chi connectivity index (χ3n) is 4.98. The first kappa shape index (κ1) is 16.5. The van der Waals surface area contributed by atoms with Crippen LogP contribution in [0.1, 0.15) is 17.5 Å². The van der Waals surface area contributed by atoms with Gasteiger partial charge in [-0.2, -0.15) is 0 Å². The van der Waals surface area contributed by atoms with Gasteiger partial charge in [-0.3, -0.25) is 0 Å². The molecule has 0 spiro atoms. The molecule has 1 aliphatic rings. The molecule has 1 saturated heterocycles. The number of pyridine rings is 1. The summed E-state index contributed by atoms with van der Waals surface area (Å²) in [5.74, 6) is 1.20. The highest BCUT2D eigenvalue weighted by molar-refractivity contribution is 5.99. The van der Waals surface area contributed by atoms with Gasteiger partial charge in [0.2, 0.25) is 0 Å². The Labute approximate surface area is 150 Å². The molecule has 3 heterocycles. The van der Waals surface area contributed by atoms with E-state index in [1.54, 1.807) is 6.07 Å². The van der Waals surface area contributed by atoms with Gasteiger partial charge in [0.1, 0.15) is 35.4 Å². The fourth-order valence-corrected chi connectivity index (χ4v) is 3.53. The Morgan fingerprint density at radius 3 is 2.81 bits per heavy atom. The number of rotatable bonds is 2. The maximum atomic E-state index is 13.7. The first-order valence-corrected chi connectivity index (χ1v) is 8.55. The highest BCUT2D eigenvalue weighted by Crippen LogP contribution is 2.37. The van der Waals surface area contributed by atoms with Gasteiger partial charge in [-0.05, 0) is 38.0 Å². The minimum absolute atomic E-state index is 0.193. The first-order valence-electron chi connectivity index (χ1n) is 8.55. The molecule has 1 aliphatic heterocycles. The number of aromatic hydroxyl groups is 1. The van der Waals surface area contributed by atoms with Crippen LogP contribution < -0.4 is 10.6 Å². The summed E-state index contributed by atoms with van der Waals surface area (Å²) < 4.78 is 13.7. The fourth-order valence-electron chi connectivity index (χ4n) is 3.53. The van der Waals surface area contributed by atoms with Crippen molar-refractivity contribution >= 4 is 22.5 Å². The predicted octanol–water partition coefficient (Wildman–Crippen LogP) is 3.14. The molecule has 0 aliphatic carbocycles. The summed E-state index contributed by atoms with van der Waals surface area (Å²) in [5, 5.41) is 10.9. The Balaban J connectivity index is 2.02. The second kappa shape index (κ2) is 6.09. The number of nitrogens with zero attached hydrogens (tertiary/aromatic N) is 4. The highest BCUT2D eigenvalue weighted by atomic mass is 19.1. The summed E-state index contributed by atoms with van der Waals surface area (Å²) in [4.78, 5) is 15.2. The molecule has 1 aromatic carbocycles. The number of phenols is 1. The molecule has 1 atom stereocenters. The molecular weight excluding hydrogens is 333 g/mol. The van der Waals surface area contributed by atoms with Crippen LogP contribution >= 0.6 is 0 Å². The monoisotopic (exact) mass is 353 g/mol. The van der Waals surface area contributed by atoms with E-state index >= 15 is 0 Å². The molecule has 3 aromatic rings. The van der Waals surface area contributed by atoms with E-state index in [2.05, 4.69) is 9.97 Å². The van der Waals surface area contributed by atoms with Gasteiger partial charge in [0, 0.05) is 23.1 Å². The van der Waals surface area contributed by atoms with Gasteiger partial charge in [0.15, 0.2) is 0 Å². The van der Waals surface area contributed by atoms with Crippen molar-refractivity contribution in [2.24, 2.45) is 0 Å². The quantitative estimate of drug-likeness (QED) is 0.736. The van der Waals surface area contributed by atoms with E-state index in [0.29, 0.717) is 47.7 Å². The average Bonchev–Trinajstić information content (AvgIpc) is 3.05. The van der Waals surface area contributed by atoms with Crippen LogP contribution in [0.4, 0.5) is 16.0 Å². The summed E-state index contributed by atoms with van der Waals surface area (Å²) in [6.45, 7) is 4.71. The van der Waals surface area contributed by atoms with Crippen molar-refractivity contribution in [3.8, 4) is 17.0 Å². The zero-order valence-electron chi connectivity index (χ0n) is 14.7. The number of hydrogen-bond acceptors (Lipinski definition) is 6. The minimum atomic E-state index is -0.857. The van der Waals surface area contributed by atoms with Gasteiger partial charge in [0.05, 0.1) is 12.2 Å². The molecule has 2 aromatic heterocycles. The number of aryl methyl sites for hydroxylation is 1. The number of phenolic OH excluding ortho intramolecular Hbond substituents is 1. The van der Waals surface area contributed by atoms with E-state index in [0.717, 1.165) is 16.7 Å². The zero-order chi connectivity index (χ0) is 18.4. The molecule has 26 heavy (non-hydrogen) atoms. The number of anilines is 2. The van der Waals surface area contributed by atoms with Crippen molar-refractivity contribution in [1.82, 2.24) is 15.0 Å². The van der Waals surface area contributed by atoms with Crippen LogP contribution in [0.3, 0.4) is 0 Å². The molecule has 1 fully saturated rings. The maximum Gasteiger partial charge on any atom is 0.134 e. The Bertz CT molecular complexity index is 1010. The standard InChI is InChI=1S/C19H20FN5O/c1-10-3-4-14(26)11(2)16(10)18-17-13(19(21)23-9-22-17)7-15(24-18)25-6-5-12(20)8-25/h3-4,7,9,12,26H,5-6,8H2,1-2H3,(H2,21,22,23)/t12-/m0/s1. The SMILES string of the molecule is Cc1ccc(O)c(C)c1-c1nc(N2CC[C@H](F)C2)cc2c(N)ncnc12. The van der Waals surface area contributed by atoms with Crippen LogP contribution in [0.5, 0.6) is 5.75 Å². The van der Waals surface area contributed by atoms with Crippen molar-refractivity contribution < 1.29 is 9.50 Å². The number of nitrogen functional groups attached to an aromatic ring is 1. The molecule has 0 amide bonds. The first-order chi connectivity index (χ1) is 12.5. The van der Waals surface area contributed by atoms with Crippen molar-refractivity contribution in [2.75, 3.05) is 23.7 Å². The van der Waals surface area contributed by atoms with E-state index in [1.807, 2.05) is 30.9 Å². The Morgan fingerprint density at radius 2 is 2.08 bits per heavy atom. The predicted molar refractivity (Wildman–Crippen MR) is 100 cm³/mol. The Morgan fingerprint density at radius 1 is 1.27 bits per heavy atom. The summed E-state index contributed by atoms with van der Waals surface area (Å²) in [6, 6.07) is 5.33. The molecule has 7 heteroatoms. The molecule has 134 valence electrons. The van der Waals surface area contributed by atoms with Crippen molar-refractivity contribution in [3.63, 3.8) is 0 Å².